The molecule has 0 fully saturated rings. The lowest BCUT2D eigenvalue weighted by molar-refractivity contribution is -0.144. The zero-order valence-electron chi connectivity index (χ0n) is 20.0. The minimum absolute atomic E-state index is 0.0789. The van der Waals surface area contributed by atoms with Crippen molar-refractivity contribution in [2.24, 2.45) is 0 Å². The quantitative estimate of drug-likeness (QED) is 0.333. The Hall–Kier alpha value is -3.29. The van der Waals surface area contributed by atoms with E-state index in [0.29, 0.717) is 10.7 Å². The monoisotopic (exact) mass is 518 g/mol. The van der Waals surface area contributed by atoms with Crippen LogP contribution in [-0.4, -0.2) is 71.3 Å². The minimum Gasteiger partial charge on any atom is -0.455 e. The number of nitrogens with one attached hydrogen (secondary N) is 1. The predicted molar refractivity (Wildman–Crippen MR) is 131 cm³/mol. The van der Waals surface area contributed by atoms with E-state index in [1.54, 1.807) is 23.7 Å². The van der Waals surface area contributed by atoms with Gasteiger partial charge < -0.3 is 10.1 Å². The van der Waals surface area contributed by atoms with Crippen molar-refractivity contribution >= 4 is 39.3 Å². The molecular weight excluding hydrogens is 492 g/mol. The second-order valence-corrected chi connectivity index (χ2v) is 11.0. The minimum atomic E-state index is -3.67. The van der Waals surface area contributed by atoms with Crippen molar-refractivity contribution < 1.29 is 22.7 Å². The molecule has 0 aliphatic carbocycles. The van der Waals surface area contributed by atoms with E-state index in [4.69, 9.17) is 4.74 Å². The number of hydrogen-bond donors (Lipinski definition) is 1. The molecule has 13 heteroatoms. The van der Waals surface area contributed by atoms with E-state index in [9.17, 15) is 18.0 Å². The number of aromatic nitrogens is 4. The molecule has 0 spiro atoms. The number of tetrazole rings is 1. The van der Waals surface area contributed by atoms with Crippen molar-refractivity contribution in [1.82, 2.24) is 24.5 Å². The number of thioether (sulfide) groups is 1. The van der Waals surface area contributed by atoms with Crippen molar-refractivity contribution in [3.8, 4) is 5.69 Å². The number of nitrogens with zero attached hydrogens (tertiary/aromatic N) is 5. The fourth-order valence-corrected chi connectivity index (χ4v) is 4.85. The molecule has 0 radical (unpaired) electrons. The second-order valence-electron chi connectivity index (χ2n) is 7.93. The number of ether oxygens (including phenoxy) is 1. The molecule has 0 aliphatic rings. The third kappa shape index (κ3) is 6.44. The van der Waals surface area contributed by atoms with Crippen molar-refractivity contribution in [2.75, 3.05) is 31.8 Å². The summed E-state index contributed by atoms with van der Waals surface area (Å²) in [6, 6.07) is 10.4. The molecule has 1 N–H and O–H groups in total. The zero-order chi connectivity index (χ0) is 25.8. The van der Waals surface area contributed by atoms with Crippen LogP contribution in [0.3, 0.4) is 0 Å². The third-order valence-corrected chi connectivity index (χ3v) is 7.80. The molecule has 0 unspecified atom stereocenters. The van der Waals surface area contributed by atoms with Gasteiger partial charge in [-0.15, -0.1) is 5.10 Å². The lowest BCUT2D eigenvalue weighted by Crippen LogP contribution is -2.24. The molecule has 3 rings (SSSR count). The maximum absolute atomic E-state index is 12.5. The molecule has 2 aromatic carbocycles. The third-order valence-electron chi connectivity index (χ3n) is 4.95. The van der Waals surface area contributed by atoms with Gasteiger partial charge in [-0.1, -0.05) is 30.0 Å². The summed E-state index contributed by atoms with van der Waals surface area (Å²) in [4.78, 5) is 24.5. The van der Waals surface area contributed by atoms with Gasteiger partial charge in [-0.25, -0.2) is 12.7 Å². The van der Waals surface area contributed by atoms with Crippen LogP contribution in [0.15, 0.2) is 46.5 Å². The number of carbonyl (C=O) groups is 2. The summed E-state index contributed by atoms with van der Waals surface area (Å²) in [6.45, 7) is 5.04. The maximum atomic E-state index is 12.5. The first-order chi connectivity index (χ1) is 16.5. The lowest BCUT2D eigenvalue weighted by atomic mass is 10.1. The Morgan fingerprint density at radius 3 is 2.51 bits per heavy atom. The Labute approximate surface area is 207 Å². The average molecular weight is 519 g/mol. The standard InChI is InChI=1S/C22H26N6O5S2/c1-14-6-7-15(2)18(10-14)28-22(24-25-26-28)34-13-21(30)33-12-20(29)23-17-9-8-16(3)19(11-17)35(31,32)27(4)5/h6-11H,12-13H2,1-5H3,(H,23,29). The van der Waals surface area contributed by atoms with Crippen molar-refractivity contribution in [1.29, 1.82) is 0 Å². The maximum Gasteiger partial charge on any atom is 0.316 e. The van der Waals surface area contributed by atoms with Crippen LogP contribution < -0.4 is 5.32 Å². The summed E-state index contributed by atoms with van der Waals surface area (Å²) in [5.41, 5.74) is 3.64. The van der Waals surface area contributed by atoms with Gasteiger partial charge >= 0.3 is 5.97 Å². The number of hydrogen-bond acceptors (Lipinski definition) is 9. The molecule has 0 aliphatic heterocycles. The molecule has 0 saturated carbocycles. The number of sulfonamides is 1. The summed E-state index contributed by atoms with van der Waals surface area (Å²) in [5, 5.41) is 14.6. The number of rotatable bonds is 9. The summed E-state index contributed by atoms with van der Waals surface area (Å²) >= 11 is 1.09. The topological polar surface area (TPSA) is 136 Å². The summed E-state index contributed by atoms with van der Waals surface area (Å²) in [5.74, 6) is -1.32. The van der Waals surface area contributed by atoms with Crippen LogP contribution in [0.1, 0.15) is 16.7 Å². The Kier molecular flexibility index (Phi) is 8.25. The number of esters is 1. The van der Waals surface area contributed by atoms with E-state index in [2.05, 4.69) is 20.8 Å². The number of anilines is 1. The highest BCUT2D eigenvalue weighted by atomic mass is 32.2. The molecule has 1 aromatic heterocycles. The van der Waals surface area contributed by atoms with E-state index in [1.165, 1.54) is 20.2 Å². The van der Waals surface area contributed by atoms with E-state index in [0.717, 1.165) is 32.9 Å². The Bertz CT molecular complexity index is 1350. The first-order valence-corrected chi connectivity index (χ1v) is 12.9. The van der Waals surface area contributed by atoms with Crippen LogP contribution in [0.25, 0.3) is 5.69 Å². The summed E-state index contributed by atoms with van der Waals surface area (Å²) < 4.78 is 32.6. The highest BCUT2D eigenvalue weighted by Gasteiger charge is 2.21. The molecule has 0 atom stereocenters. The SMILES string of the molecule is Cc1ccc(C)c(-n2nnnc2SCC(=O)OCC(=O)Nc2ccc(C)c(S(=O)(=O)N(C)C)c2)c1. The zero-order valence-corrected chi connectivity index (χ0v) is 21.6. The van der Waals surface area contributed by atoms with Gasteiger partial charge in [-0.3, -0.25) is 9.59 Å². The normalized spacial score (nSPS) is 11.5. The molecule has 1 heterocycles. The number of amides is 1. The number of carbonyl (C=O) groups excluding carboxylic acids is 2. The van der Waals surface area contributed by atoms with E-state index < -0.39 is 28.5 Å². The first-order valence-electron chi connectivity index (χ1n) is 10.5. The molecule has 1 amide bonds. The Morgan fingerprint density at radius 1 is 1.09 bits per heavy atom. The van der Waals surface area contributed by atoms with Crippen LogP contribution in [0.2, 0.25) is 0 Å². The van der Waals surface area contributed by atoms with Gasteiger partial charge in [0.05, 0.1) is 16.3 Å². The Morgan fingerprint density at radius 2 is 1.80 bits per heavy atom. The highest BCUT2D eigenvalue weighted by molar-refractivity contribution is 7.99. The lowest BCUT2D eigenvalue weighted by Gasteiger charge is -2.15. The number of aryl methyl sites for hydroxylation is 3. The molecule has 11 nitrogen and oxygen atoms in total. The molecule has 35 heavy (non-hydrogen) atoms. The molecule has 0 bridgehead atoms. The van der Waals surface area contributed by atoms with Gasteiger partial charge in [0.1, 0.15) is 0 Å². The van der Waals surface area contributed by atoms with E-state index >= 15 is 0 Å². The Balaban J connectivity index is 1.56. The molecule has 3 aromatic rings. The smallest absolute Gasteiger partial charge is 0.316 e. The molecular formula is C22H26N6O5S2. The van der Waals surface area contributed by atoms with Crippen LogP contribution in [0, 0.1) is 20.8 Å². The van der Waals surface area contributed by atoms with Gasteiger partial charge in [0.25, 0.3) is 5.91 Å². The van der Waals surface area contributed by atoms with Crippen LogP contribution >= 0.6 is 11.8 Å². The van der Waals surface area contributed by atoms with Crippen molar-refractivity contribution in [3.63, 3.8) is 0 Å². The van der Waals surface area contributed by atoms with E-state index in [1.807, 2.05) is 32.0 Å². The molecule has 0 saturated heterocycles. The average Bonchev–Trinajstić information content (AvgIpc) is 3.27. The fraction of sp³-hybridized carbons (Fsp3) is 0.318. The van der Waals surface area contributed by atoms with Gasteiger partial charge in [0.2, 0.25) is 15.2 Å². The summed E-state index contributed by atoms with van der Waals surface area (Å²) in [7, 11) is -0.816. The van der Waals surface area contributed by atoms with Crippen molar-refractivity contribution in [3.05, 3.63) is 53.1 Å². The summed E-state index contributed by atoms with van der Waals surface area (Å²) in [6.07, 6.45) is 0. The molecule has 186 valence electrons. The van der Waals surface area contributed by atoms with Crippen molar-refractivity contribution in [2.45, 2.75) is 30.8 Å². The van der Waals surface area contributed by atoms with Gasteiger partial charge in [0, 0.05) is 19.8 Å². The van der Waals surface area contributed by atoms with Crippen LogP contribution in [0.5, 0.6) is 0 Å². The van der Waals surface area contributed by atoms with Gasteiger partial charge in [-0.05, 0) is 66.1 Å². The highest BCUT2D eigenvalue weighted by Crippen LogP contribution is 2.23. The largest absolute Gasteiger partial charge is 0.455 e. The van der Waals surface area contributed by atoms with Gasteiger partial charge in [-0.2, -0.15) is 4.68 Å². The van der Waals surface area contributed by atoms with E-state index in [-0.39, 0.29) is 16.3 Å². The fourth-order valence-electron chi connectivity index (χ4n) is 3.03. The van der Waals surface area contributed by atoms with Crippen LogP contribution in [0.4, 0.5) is 5.69 Å². The number of benzene rings is 2. The van der Waals surface area contributed by atoms with Gasteiger partial charge in [0.15, 0.2) is 6.61 Å². The second kappa shape index (κ2) is 11.0. The van der Waals surface area contributed by atoms with Crippen LogP contribution in [-0.2, 0) is 24.3 Å². The predicted octanol–water partition coefficient (Wildman–Crippen LogP) is 2.11. The first kappa shape index (κ1) is 26.3.